The average Bonchev–Trinajstić information content (AvgIpc) is 3.52. The van der Waals surface area contributed by atoms with Crippen LogP contribution in [0.3, 0.4) is 0 Å². The van der Waals surface area contributed by atoms with E-state index in [0.29, 0.717) is 41.7 Å². The van der Waals surface area contributed by atoms with Crippen molar-refractivity contribution >= 4 is 28.4 Å². The Bertz CT molecular complexity index is 1600. The Labute approximate surface area is 208 Å². The highest BCUT2D eigenvalue weighted by atomic mass is 19.4. The maximum atomic E-state index is 14.0. The van der Waals surface area contributed by atoms with Crippen LogP contribution in [-0.4, -0.2) is 25.8 Å². The van der Waals surface area contributed by atoms with E-state index in [-0.39, 0.29) is 0 Å². The molecular formula is C26H20F4N6O. The van der Waals surface area contributed by atoms with Crippen molar-refractivity contribution in [1.29, 1.82) is 0 Å². The first-order valence-electron chi connectivity index (χ1n) is 11.3. The number of alkyl halides is 3. The topological polar surface area (TPSA) is 87.6 Å². The molecule has 2 amide bonds. The van der Waals surface area contributed by atoms with Gasteiger partial charge in [0.15, 0.2) is 0 Å². The zero-order valence-corrected chi connectivity index (χ0v) is 19.4. The van der Waals surface area contributed by atoms with Gasteiger partial charge in [-0.2, -0.15) is 18.3 Å². The molecule has 7 nitrogen and oxygen atoms in total. The smallest absolute Gasteiger partial charge is 0.346 e. The van der Waals surface area contributed by atoms with Crippen molar-refractivity contribution in [3.05, 3.63) is 84.6 Å². The Hall–Kier alpha value is -4.67. The lowest BCUT2D eigenvalue weighted by atomic mass is 10.00. The molecule has 5 aromatic rings. The van der Waals surface area contributed by atoms with Crippen LogP contribution in [0.5, 0.6) is 0 Å². The number of anilines is 2. The van der Waals surface area contributed by atoms with Crippen molar-refractivity contribution in [2.45, 2.75) is 19.6 Å². The molecule has 188 valence electrons. The number of nitrogens with zero attached hydrogens (tertiary/aromatic N) is 3. The standard InChI is InChI=1S/C26H20F4N6O/c1-2-36-14-20(18-8-10-31-24-19(18)9-11-32-24)23(35-36)15-4-3-5-17(12-15)33-25(37)34-22-13-16(26(28,29)30)6-7-21(22)27/h3-14H,2H2,1H3,(H,31,32)(H2,33,34,37). The lowest BCUT2D eigenvalue weighted by Crippen LogP contribution is -2.20. The first-order chi connectivity index (χ1) is 17.7. The number of carbonyl (C=O) groups excluding carboxylic acids is 1. The van der Waals surface area contributed by atoms with E-state index in [4.69, 9.17) is 5.10 Å². The molecule has 0 spiro atoms. The first-order valence-corrected chi connectivity index (χ1v) is 11.3. The van der Waals surface area contributed by atoms with Crippen LogP contribution >= 0.6 is 0 Å². The Morgan fingerprint density at radius 2 is 1.89 bits per heavy atom. The second-order valence-corrected chi connectivity index (χ2v) is 8.20. The number of rotatable bonds is 5. The minimum atomic E-state index is -4.67. The van der Waals surface area contributed by atoms with E-state index < -0.39 is 29.3 Å². The number of nitrogens with one attached hydrogen (secondary N) is 3. The summed E-state index contributed by atoms with van der Waals surface area (Å²) in [6, 6.07) is 11.6. The van der Waals surface area contributed by atoms with E-state index in [9.17, 15) is 22.4 Å². The molecule has 3 N–H and O–H groups in total. The fraction of sp³-hybridized carbons (Fsp3) is 0.115. The number of hydrogen-bond acceptors (Lipinski definition) is 3. The third-order valence-electron chi connectivity index (χ3n) is 5.77. The van der Waals surface area contributed by atoms with Crippen molar-refractivity contribution < 1.29 is 22.4 Å². The van der Waals surface area contributed by atoms with Gasteiger partial charge in [-0.3, -0.25) is 4.68 Å². The van der Waals surface area contributed by atoms with Gasteiger partial charge in [-0.1, -0.05) is 12.1 Å². The quantitative estimate of drug-likeness (QED) is 0.225. The van der Waals surface area contributed by atoms with Gasteiger partial charge in [0.2, 0.25) is 0 Å². The molecule has 0 bridgehead atoms. The SMILES string of the molecule is CCn1cc(-c2ccnc3[nH]ccc23)c(-c2cccc(NC(=O)Nc3cc(C(F)(F)F)ccc3F)c2)n1. The second-order valence-electron chi connectivity index (χ2n) is 8.20. The van der Waals surface area contributed by atoms with E-state index in [1.54, 1.807) is 29.1 Å². The monoisotopic (exact) mass is 508 g/mol. The van der Waals surface area contributed by atoms with Crippen LogP contribution < -0.4 is 10.6 Å². The van der Waals surface area contributed by atoms with Crippen LogP contribution in [0.4, 0.5) is 33.7 Å². The zero-order chi connectivity index (χ0) is 26.2. The number of amides is 2. The largest absolute Gasteiger partial charge is 0.416 e. The predicted octanol–water partition coefficient (Wildman–Crippen LogP) is 6.92. The number of aromatic nitrogens is 4. The van der Waals surface area contributed by atoms with Crippen LogP contribution in [-0.2, 0) is 12.7 Å². The molecule has 0 atom stereocenters. The summed E-state index contributed by atoms with van der Waals surface area (Å²) in [4.78, 5) is 19.9. The molecule has 0 fully saturated rings. The highest BCUT2D eigenvalue weighted by molar-refractivity contribution is 6.01. The number of fused-ring (bicyclic) bond motifs is 1. The van der Waals surface area contributed by atoms with Crippen molar-refractivity contribution in [2.75, 3.05) is 10.6 Å². The summed E-state index contributed by atoms with van der Waals surface area (Å²) in [5.74, 6) is -0.986. The lowest BCUT2D eigenvalue weighted by Gasteiger charge is -2.12. The molecule has 3 heterocycles. The first kappa shape index (κ1) is 24.0. The molecule has 11 heteroatoms. The van der Waals surface area contributed by atoms with Gasteiger partial charge in [0, 0.05) is 47.3 Å². The predicted molar refractivity (Wildman–Crippen MR) is 132 cm³/mol. The van der Waals surface area contributed by atoms with Gasteiger partial charge < -0.3 is 15.6 Å². The van der Waals surface area contributed by atoms with Crippen molar-refractivity contribution in [3.63, 3.8) is 0 Å². The third kappa shape index (κ3) is 4.88. The van der Waals surface area contributed by atoms with Crippen LogP contribution in [0.2, 0.25) is 0 Å². The van der Waals surface area contributed by atoms with E-state index in [1.807, 2.05) is 37.5 Å². The van der Waals surface area contributed by atoms with Crippen molar-refractivity contribution in [3.8, 4) is 22.4 Å². The number of hydrogen-bond donors (Lipinski definition) is 3. The van der Waals surface area contributed by atoms with E-state index in [0.717, 1.165) is 22.2 Å². The van der Waals surface area contributed by atoms with Gasteiger partial charge in [0.05, 0.1) is 11.3 Å². The number of aryl methyl sites for hydroxylation is 1. The highest BCUT2D eigenvalue weighted by Gasteiger charge is 2.31. The number of halogens is 4. The molecule has 0 saturated heterocycles. The van der Waals surface area contributed by atoms with E-state index in [2.05, 4.69) is 20.6 Å². The zero-order valence-electron chi connectivity index (χ0n) is 19.4. The molecule has 5 rings (SSSR count). The van der Waals surface area contributed by atoms with Crippen molar-refractivity contribution in [1.82, 2.24) is 19.7 Å². The Balaban J connectivity index is 1.44. The minimum absolute atomic E-state index is 0.348. The summed E-state index contributed by atoms with van der Waals surface area (Å²) in [6.07, 6.45) is 0.771. The molecule has 2 aromatic carbocycles. The second kappa shape index (κ2) is 9.41. The summed E-state index contributed by atoms with van der Waals surface area (Å²) in [5.41, 5.74) is 2.59. The average molecular weight is 508 g/mol. The number of aromatic amines is 1. The molecule has 37 heavy (non-hydrogen) atoms. The summed E-state index contributed by atoms with van der Waals surface area (Å²) in [7, 11) is 0. The number of carbonyl (C=O) groups is 1. The Morgan fingerprint density at radius 1 is 1.05 bits per heavy atom. The van der Waals surface area contributed by atoms with Gasteiger partial charge in [-0.05, 0) is 55.0 Å². The summed E-state index contributed by atoms with van der Waals surface area (Å²) in [6.45, 7) is 2.60. The molecule has 3 aromatic heterocycles. The van der Waals surface area contributed by atoms with E-state index in [1.165, 1.54) is 0 Å². The number of benzene rings is 2. The fourth-order valence-electron chi connectivity index (χ4n) is 4.02. The summed E-state index contributed by atoms with van der Waals surface area (Å²) < 4.78 is 54.8. The number of H-pyrrole nitrogens is 1. The van der Waals surface area contributed by atoms with Gasteiger partial charge in [0.25, 0.3) is 0 Å². The van der Waals surface area contributed by atoms with Gasteiger partial charge in [-0.25, -0.2) is 14.2 Å². The highest BCUT2D eigenvalue weighted by Crippen LogP contribution is 2.36. The molecular weight excluding hydrogens is 488 g/mol. The van der Waals surface area contributed by atoms with Crippen LogP contribution in [0.15, 0.2) is 73.2 Å². The van der Waals surface area contributed by atoms with Gasteiger partial charge in [-0.15, -0.1) is 0 Å². The van der Waals surface area contributed by atoms with Crippen molar-refractivity contribution in [2.24, 2.45) is 0 Å². The maximum absolute atomic E-state index is 14.0. The molecule has 0 aliphatic rings. The summed E-state index contributed by atoms with van der Waals surface area (Å²) in [5, 5.41) is 10.3. The maximum Gasteiger partial charge on any atom is 0.416 e. The van der Waals surface area contributed by atoms with Gasteiger partial charge >= 0.3 is 12.2 Å². The minimum Gasteiger partial charge on any atom is -0.346 e. The fourth-order valence-corrected chi connectivity index (χ4v) is 4.02. The van der Waals surface area contributed by atoms with Crippen LogP contribution in [0.1, 0.15) is 12.5 Å². The van der Waals surface area contributed by atoms with Crippen LogP contribution in [0, 0.1) is 5.82 Å². The Morgan fingerprint density at radius 3 is 2.68 bits per heavy atom. The third-order valence-corrected chi connectivity index (χ3v) is 5.77. The van der Waals surface area contributed by atoms with E-state index >= 15 is 0 Å². The summed E-state index contributed by atoms with van der Waals surface area (Å²) >= 11 is 0. The molecule has 0 aliphatic carbocycles. The van der Waals surface area contributed by atoms with Gasteiger partial charge in [0.1, 0.15) is 17.2 Å². The molecule has 0 saturated carbocycles. The Kier molecular flexibility index (Phi) is 6.12. The number of urea groups is 1. The van der Waals surface area contributed by atoms with Crippen LogP contribution in [0.25, 0.3) is 33.4 Å². The normalized spacial score (nSPS) is 11.6. The molecule has 0 aliphatic heterocycles. The number of pyridine rings is 1. The molecule has 0 unspecified atom stereocenters. The molecule has 0 radical (unpaired) electrons. The lowest BCUT2D eigenvalue weighted by molar-refractivity contribution is -0.137.